The second-order valence-electron chi connectivity index (χ2n) is 6.86. The van der Waals surface area contributed by atoms with E-state index in [-0.39, 0.29) is 6.42 Å². The predicted octanol–water partition coefficient (Wildman–Crippen LogP) is 3.28. The quantitative estimate of drug-likeness (QED) is 0.850. The van der Waals surface area contributed by atoms with Gasteiger partial charge in [0.1, 0.15) is 11.4 Å². The van der Waals surface area contributed by atoms with E-state index in [1.54, 1.807) is 20.8 Å². The molecule has 2 rings (SSSR count). The number of carboxylic acids is 1. The molecule has 0 aromatic heterocycles. The fraction of sp³-hybridized carbons (Fsp3) is 0.421. The van der Waals surface area contributed by atoms with E-state index in [0.717, 1.165) is 5.56 Å². The third kappa shape index (κ3) is 5.74. The fourth-order valence-electron chi connectivity index (χ4n) is 2.41. The summed E-state index contributed by atoms with van der Waals surface area (Å²) in [5.41, 5.74) is 0.258. The number of rotatable bonds is 4. The first-order chi connectivity index (χ1) is 11.8. The molecule has 1 N–H and O–H groups in total. The highest BCUT2D eigenvalue weighted by atomic mass is 16.6. The van der Waals surface area contributed by atoms with E-state index in [2.05, 4.69) is 4.99 Å². The number of aliphatic imine (C=N–C) groups is 1. The van der Waals surface area contributed by atoms with Crippen molar-refractivity contribution in [3.8, 4) is 0 Å². The van der Waals surface area contributed by atoms with Crippen molar-refractivity contribution in [2.24, 2.45) is 4.99 Å². The van der Waals surface area contributed by atoms with Gasteiger partial charge in [0.05, 0.1) is 0 Å². The number of carbonyl (C=O) groups excluding carboxylic acids is 1. The van der Waals surface area contributed by atoms with Gasteiger partial charge in [0.15, 0.2) is 6.04 Å². The van der Waals surface area contributed by atoms with Gasteiger partial charge in [-0.2, -0.15) is 0 Å². The molecule has 1 heterocycles. The number of carbonyl (C=O) groups is 2. The first-order valence-electron chi connectivity index (χ1n) is 8.25. The van der Waals surface area contributed by atoms with E-state index in [4.69, 9.17) is 4.74 Å². The van der Waals surface area contributed by atoms with Gasteiger partial charge in [-0.25, -0.2) is 9.59 Å². The maximum Gasteiger partial charge on any atom is 0.416 e. The molecule has 6 nitrogen and oxygen atoms in total. The van der Waals surface area contributed by atoms with E-state index >= 15 is 0 Å². The number of amides is 1. The molecule has 1 aromatic carbocycles. The summed E-state index contributed by atoms with van der Waals surface area (Å²) < 4.78 is 5.39. The molecule has 1 aliphatic heterocycles. The van der Waals surface area contributed by atoms with Gasteiger partial charge in [0.25, 0.3) is 0 Å². The lowest BCUT2D eigenvalue weighted by atomic mass is 10.1. The zero-order chi connectivity index (χ0) is 18.4. The van der Waals surface area contributed by atoms with E-state index in [1.807, 2.05) is 42.5 Å². The highest BCUT2D eigenvalue weighted by molar-refractivity contribution is 5.98. The number of aliphatic carboxylic acids is 1. The Labute approximate surface area is 147 Å². The molecule has 0 bridgehead atoms. The number of amidine groups is 1. The Hall–Kier alpha value is -2.63. The minimum atomic E-state index is -1.02. The molecule has 0 fully saturated rings. The number of nitrogens with zero attached hydrogens (tertiary/aromatic N) is 2. The maximum absolute atomic E-state index is 12.4. The Morgan fingerprint density at radius 2 is 1.92 bits per heavy atom. The summed E-state index contributed by atoms with van der Waals surface area (Å²) in [5.74, 6) is -0.602. The molecule has 1 atom stereocenters. The third-order valence-electron chi connectivity index (χ3n) is 3.54. The Kier molecular flexibility index (Phi) is 5.96. The van der Waals surface area contributed by atoms with Crippen LogP contribution in [0.1, 0.15) is 32.8 Å². The monoisotopic (exact) mass is 344 g/mol. The van der Waals surface area contributed by atoms with E-state index in [9.17, 15) is 14.7 Å². The molecule has 1 aliphatic rings. The SMILES string of the molecule is CC(C)(C)OC(=O)N1CC=CCC1=N[C@H](Cc1ccccc1)C(=O)O. The Morgan fingerprint density at radius 1 is 1.24 bits per heavy atom. The van der Waals surface area contributed by atoms with Crippen molar-refractivity contribution < 1.29 is 19.4 Å². The molecule has 1 amide bonds. The molecular formula is C19H24N2O4. The highest BCUT2D eigenvalue weighted by Crippen LogP contribution is 2.16. The van der Waals surface area contributed by atoms with Crippen LogP contribution in [0.4, 0.5) is 4.79 Å². The van der Waals surface area contributed by atoms with Crippen molar-refractivity contribution in [2.75, 3.05) is 6.54 Å². The molecular weight excluding hydrogens is 320 g/mol. The van der Waals surface area contributed by atoms with E-state index in [0.29, 0.717) is 18.8 Å². The fourth-order valence-corrected chi connectivity index (χ4v) is 2.41. The molecule has 0 spiro atoms. The van der Waals surface area contributed by atoms with Gasteiger partial charge in [-0.1, -0.05) is 42.5 Å². The van der Waals surface area contributed by atoms with Crippen LogP contribution in [0, 0.1) is 0 Å². The molecule has 6 heteroatoms. The number of carboxylic acid groups (broad SMARTS) is 1. The van der Waals surface area contributed by atoms with Crippen molar-refractivity contribution in [1.82, 2.24) is 4.90 Å². The van der Waals surface area contributed by atoms with Gasteiger partial charge in [0, 0.05) is 19.4 Å². The van der Waals surface area contributed by atoms with Crippen LogP contribution in [0.25, 0.3) is 0 Å². The topological polar surface area (TPSA) is 79.2 Å². The molecule has 1 aromatic rings. The standard InChI is InChI=1S/C19H24N2O4/c1-19(2,3)25-18(24)21-12-8-7-11-16(21)20-15(17(22)23)13-14-9-5-4-6-10-14/h4-10,15H,11-13H2,1-3H3,(H,22,23)/t15-/m1/s1. The summed E-state index contributed by atoms with van der Waals surface area (Å²) in [6.07, 6.45) is 3.87. The third-order valence-corrected chi connectivity index (χ3v) is 3.54. The van der Waals surface area contributed by atoms with Gasteiger partial charge in [-0.3, -0.25) is 9.89 Å². The number of hydrogen-bond donors (Lipinski definition) is 1. The predicted molar refractivity (Wildman–Crippen MR) is 95.7 cm³/mol. The second-order valence-corrected chi connectivity index (χ2v) is 6.86. The maximum atomic E-state index is 12.4. The summed E-state index contributed by atoms with van der Waals surface area (Å²) >= 11 is 0. The summed E-state index contributed by atoms with van der Waals surface area (Å²) in [6, 6.07) is 8.37. The first kappa shape index (κ1) is 18.7. The van der Waals surface area contributed by atoms with Gasteiger partial charge < -0.3 is 9.84 Å². The molecule has 134 valence electrons. The zero-order valence-electron chi connectivity index (χ0n) is 14.8. The molecule has 25 heavy (non-hydrogen) atoms. The van der Waals surface area contributed by atoms with Gasteiger partial charge in [-0.15, -0.1) is 0 Å². The molecule has 0 saturated heterocycles. The van der Waals surface area contributed by atoms with Gasteiger partial charge in [0.2, 0.25) is 0 Å². The Morgan fingerprint density at radius 3 is 2.52 bits per heavy atom. The molecule has 0 radical (unpaired) electrons. The number of ether oxygens (including phenoxy) is 1. The van der Waals surface area contributed by atoms with Crippen LogP contribution in [0.5, 0.6) is 0 Å². The minimum absolute atomic E-state index is 0.269. The van der Waals surface area contributed by atoms with Gasteiger partial charge >= 0.3 is 12.1 Å². The smallest absolute Gasteiger partial charge is 0.416 e. The molecule has 0 unspecified atom stereocenters. The summed E-state index contributed by atoms with van der Waals surface area (Å²) in [6.45, 7) is 5.69. The van der Waals surface area contributed by atoms with Gasteiger partial charge in [-0.05, 0) is 26.3 Å². The lowest BCUT2D eigenvalue weighted by Crippen LogP contribution is -2.43. The number of hydrogen-bond acceptors (Lipinski definition) is 4. The summed E-state index contributed by atoms with van der Waals surface area (Å²) in [4.78, 5) is 29.7. The normalized spacial score (nSPS) is 17.4. The summed E-state index contributed by atoms with van der Waals surface area (Å²) in [7, 11) is 0. The van der Waals surface area contributed by atoms with Crippen molar-refractivity contribution in [2.45, 2.75) is 45.3 Å². The minimum Gasteiger partial charge on any atom is -0.480 e. The second kappa shape index (κ2) is 7.96. The number of benzene rings is 1. The van der Waals surface area contributed by atoms with Crippen molar-refractivity contribution in [3.05, 3.63) is 48.0 Å². The molecule has 0 saturated carbocycles. The summed E-state index contributed by atoms with van der Waals surface area (Å²) in [5, 5.41) is 9.52. The average Bonchev–Trinajstić information content (AvgIpc) is 2.54. The highest BCUT2D eigenvalue weighted by Gasteiger charge is 2.28. The van der Waals surface area contributed by atoms with Crippen LogP contribution in [-0.4, -0.2) is 46.1 Å². The van der Waals surface area contributed by atoms with E-state index < -0.39 is 23.7 Å². The molecule has 0 aliphatic carbocycles. The largest absolute Gasteiger partial charge is 0.480 e. The van der Waals surface area contributed by atoms with Crippen LogP contribution < -0.4 is 0 Å². The van der Waals surface area contributed by atoms with Crippen LogP contribution in [-0.2, 0) is 16.0 Å². The van der Waals surface area contributed by atoms with Crippen LogP contribution in [0.15, 0.2) is 47.5 Å². The van der Waals surface area contributed by atoms with Crippen LogP contribution in [0.3, 0.4) is 0 Å². The Bertz CT molecular complexity index is 674. The lowest BCUT2D eigenvalue weighted by Gasteiger charge is -2.29. The zero-order valence-corrected chi connectivity index (χ0v) is 14.8. The lowest BCUT2D eigenvalue weighted by molar-refractivity contribution is -0.138. The average molecular weight is 344 g/mol. The van der Waals surface area contributed by atoms with E-state index in [1.165, 1.54) is 4.90 Å². The van der Waals surface area contributed by atoms with Crippen molar-refractivity contribution in [1.29, 1.82) is 0 Å². The van der Waals surface area contributed by atoms with Crippen LogP contribution in [0.2, 0.25) is 0 Å². The van der Waals surface area contributed by atoms with Crippen molar-refractivity contribution >= 4 is 17.9 Å². The van der Waals surface area contributed by atoms with Crippen LogP contribution >= 0.6 is 0 Å². The Balaban J connectivity index is 2.22. The van der Waals surface area contributed by atoms with Crippen molar-refractivity contribution in [3.63, 3.8) is 0 Å². The first-order valence-corrected chi connectivity index (χ1v) is 8.25.